The van der Waals surface area contributed by atoms with Crippen LogP contribution in [0.15, 0.2) is 18.2 Å². The molecule has 0 aliphatic carbocycles. The number of ether oxygens (including phenoxy) is 1. The molecule has 2 rings (SSSR count). The van der Waals surface area contributed by atoms with E-state index in [-0.39, 0.29) is 17.9 Å². The van der Waals surface area contributed by atoms with E-state index in [2.05, 4.69) is 5.32 Å². The van der Waals surface area contributed by atoms with Gasteiger partial charge in [-0.05, 0) is 12.1 Å². The van der Waals surface area contributed by atoms with E-state index in [1.54, 1.807) is 13.8 Å². The second kappa shape index (κ2) is 4.49. The molecule has 1 saturated heterocycles. The molecule has 0 unspecified atom stereocenters. The molecule has 102 valence electrons. The number of hydrogen-bond donors (Lipinski definition) is 1. The van der Waals surface area contributed by atoms with Crippen molar-refractivity contribution in [2.75, 3.05) is 6.61 Å². The van der Waals surface area contributed by atoms with Crippen LogP contribution in [-0.4, -0.2) is 17.6 Å². The van der Waals surface area contributed by atoms with Crippen molar-refractivity contribution < 1.29 is 18.8 Å². The zero-order valence-electron chi connectivity index (χ0n) is 10.5. The summed E-state index contributed by atoms with van der Waals surface area (Å²) in [5.41, 5.74) is -0.653. The Labute approximate surface area is 108 Å². The molecule has 1 fully saturated rings. The first-order valence-corrected chi connectivity index (χ1v) is 5.68. The van der Waals surface area contributed by atoms with Crippen LogP contribution in [0.2, 0.25) is 0 Å². The number of rotatable bonds is 2. The minimum absolute atomic E-state index is 0.108. The Kier molecular flexibility index (Phi) is 3.13. The van der Waals surface area contributed by atoms with Gasteiger partial charge in [0.15, 0.2) is 0 Å². The highest BCUT2D eigenvalue weighted by Gasteiger charge is 2.41. The summed E-state index contributed by atoms with van der Waals surface area (Å²) in [7, 11) is 0. The molecule has 0 radical (unpaired) electrons. The first-order valence-electron chi connectivity index (χ1n) is 5.68. The summed E-state index contributed by atoms with van der Waals surface area (Å²) in [6.45, 7) is 3.68. The maximum absolute atomic E-state index is 13.3. The topological polar surface area (TPSA) is 81.5 Å². The van der Waals surface area contributed by atoms with Crippen molar-refractivity contribution in [1.29, 1.82) is 0 Å². The van der Waals surface area contributed by atoms with Gasteiger partial charge in [-0.25, -0.2) is 9.18 Å². The van der Waals surface area contributed by atoms with Gasteiger partial charge in [0.25, 0.3) is 5.69 Å². The fourth-order valence-electron chi connectivity index (χ4n) is 2.11. The molecule has 1 amide bonds. The summed E-state index contributed by atoms with van der Waals surface area (Å²) >= 11 is 0. The third kappa shape index (κ3) is 2.49. The quantitative estimate of drug-likeness (QED) is 0.660. The summed E-state index contributed by atoms with van der Waals surface area (Å²) in [5, 5.41) is 13.5. The van der Waals surface area contributed by atoms with Gasteiger partial charge in [-0.3, -0.25) is 10.1 Å². The van der Waals surface area contributed by atoms with Crippen LogP contribution in [0.1, 0.15) is 25.5 Å². The first kappa shape index (κ1) is 13.3. The number of halogens is 1. The van der Waals surface area contributed by atoms with Gasteiger partial charge in [-0.15, -0.1) is 0 Å². The van der Waals surface area contributed by atoms with Gasteiger partial charge < -0.3 is 10.1 Å². The largest absolute Gasteiger partial charge is 0.449 e. The predicted molar refractivity (Wildman–Crippen MR) is 64.1 cm³/mol. The number of nitrogens with one attached hydrogen (secondary N) is 1. The van der Waals surface area contributed by atoms with Gasteiger partial charge in [0.1, 0.15) is 12.4 Å². The Morgan fingerprint density at radius 2 is 2.21 bits per heavy atom. The van der Waals surface area contributed by atoms with Gasteiger partial charge >= 0.3 is 6.09 Å². The molecule has 1 heterocycles. The maximum Gasteiger partial charge on any atom is 0.407 e. The van der Waals surface area contributed by atoms with Crippen LogP contribution in [0.3, 0.4) is 0 Å². The van der Waals surface area contributed by atoms with E-state index in [4.69, 9.17) is 4.74 Å². The van der Waals surface area contributed by atoms with Gasteiger partial charge in [-0.1, -0.05) is 13.8 Å². The van der Waals surface area contributed by atoms with Crippen LogP contribution < -0.4 is 5.32 Å². The lowest BCUT2D eigenvalue weighted by molar-refractivity contribution is -0.386. The smallest absolute Gasteiger partial charge is 0.407 e. The minimum atomic E-state index is -0.676. The monoisotopic (exact) mass is 268 g/mol. The molecule has 19 heavy (non-hydrogen) atoms. The van der Waals surface area contributed by atoms with Crippen molar-refractivity contribution in [3.63, 3.8) is 0 Å². The number of amides is 1. The molecule has 1 aromatic carbocycles. The highest BCUT2D eigenvalue weighted by Crippen LogP contribution is 2.40. The predicted octanol–water partition coefficient (Wildman–Crippen LogP) is 2.54. The molecule has 6 nitrogen and oxygen atoms in total. The third-order valence-corrected chi connectivity index (χ3v) is 3.12. The van der Waals surface area contributed by atoms with Gasteiger partial charge in [-0.2, -0.15) is 0 Å². The SMILES string of the molecule is CC1(C)COC(=O)N[C@@H]1c1cc(F)ccc1[N+](=O)[O-]. The lowest BCUT2D eigenvalue weighted by atomic mass is 9.80. The van der Waals surface area contributed by atoms with E-state index in [9.17, 15) is 19.3 Å². The molecule has 1 aromatic rings. The summed E-state index contributed by atoms with van der Waals surface area (Å²) in [4.78, 5) is 21.7. The molecule has 0 saturated carbocycles. The number of carbonyl (C=O) groups excluding carboxylic acids is 1. The fourth-order valence-corrected chi connectivity index (χ4v) is 2.11. The van der Waals surface area contributed by atoms with Crippen LogP contribution in [-0.2, 0) is 4.74 Å². The standard InChI is InChI=1S/C12H13FN2O4/c1-12(2)6-19-11(16)14-10(12)8-5-7(13)3-4-9(8)15(17)18/h3-5,10H,6H2,1-2H3,(H,14,16)/t10-/m1/s1. The van der Waals surface area contributed by atoms with Gasteiger partial charge in [0.05, 0.1) is 16.5 Å². The van der Waals surface area contributed by atoms with Crippen LogP contribution in [0.4, 0.5) is 14.9 Å². The van der Waals surface area contributed by atoms with Crippen molar-refractivity contribution in [3.05, 3.63) is 39.7 Å². The third-order valence-electron chi connectivity index (χ3n) is 3.12. The summed E-state index contributed by atoms with van der Waals surface area (Å²) < 4.78 is 18.2. The van der Waals surface area contributed by atoms with Crippen molar-refractivity contribution in [3.8, 4) is 0 Å². The van der Waals surface area contributed by atoms with E-state index >= 15 is 0 Å². The lowest BCUT2D eigenvalue weighted by Crippen LogP contribution is -2.47. The first-order chi connectivity index (χ1) is 8.81. The van der Waals surface area contributed by atoms with Crippen LogP contribution in [0, 0.1) is 21.3 Å². The van der Waals surface area contributed by atoms with E-state index in [1.807, 2.05) is 0 Å². The Morgan fingerprint density at radius 3 is 2.84 bits per heavy atom. The fraction of sp³-hybridized carbons (Fsp3) is 0.417. The number of nitro benzene ring substituents is 1. The molecule has 0 aromatic heterocycles. The van der Waals surface area contributed by atoms with Crippen molar-refractivity contribution in [2.24, 2.45) is 5.41 Å². The zero-order valence-corrected chi connectivity index (χ0v) is 10.5. The molecular weight excluding hydrogens is 255 g/mol. The lowest BCUT2D eigenvalue weighted by Gasteiger charge is -2.38. The maximum atomic E-state index is 13.3. The molecule has 1 aliphatic heterocycles. The second-order valence-corrected chi connectivity index (χ2v) is 5.10. The number of cyclic esters (lactones) is 1. The van der Waals surface area contributed by atoms with E-state index < -0.39 is 28.3 Å². The summed E-state index contributed by atoms with van der Waals surface area (Å²) in [6.07, 6.45) is -0.664. The number of nitrogens with zero attached hydrogens (tertiary/aromatic N) is 1. The van der Waals surface area contributed by atoms with E-state index in [1.165, 1.54) is 0 Å². The number of benzene rings is 1. The highest BCUT2D eigenvalue weighted by molar-refractivity contribution is 5.69. The highest BCUT2D eigenvalue weighted by atomic mass is 19.1. The van der Waals surface area contributed by atoms with E-state index in [0.717, 1.165) is 18.2 Å². The van der Waals surface area contributed by atoms with Gasteiger partial charge in [0.2, 0.25) is 0 Å². The number of alkyl carbamates (subject to hydrolysis) is 1. The average molecular weight is 268 g/mol. The number of hydrogen-bond acceptors (Lipinski definition) is 4. The minimum Gasteiger partial charge on any atom is -0.449 e. The normalized spacial score (nSPS) is 21.4. The van der Waals surface area contributed by atoms with Crippen molar-refractivity contribution in [1.82, 2.24) is 5.32 Å². The Bertz CT molecular complexity index is 545. The van der Waals surface area contributed by atoms with E-state index in [0.29, 0.717) is 0 Å². The Balaban J connectivity index is 2.52. The summed E-state index contributed by atoms with van der Waals surface area (Å²) in [6, 6.07) is 2.53. The molecule has 1 N–H and O–H groups in total. The van der Waals surface area contributed by atoms with Crippen LogP contribution >= 0.6 is 0 Å². The van der Waals surface area contributed by atoms with Crippen LogP contribution in [0.5, 0.6) is 0 Å². The molecule has 0 bridgehead atoms. The van der Waals surface area contributed by atoms with Crippen LogP contribution in [0.25, 0.3) is 0 Å². The average Bonchev–Trinajstić information content (AvgIpc) is 2.32. The molecule has 7 heteroatoms. The molecule has 0 spiro atoms. The zero-order chi connectivity index (χ0) is 14.2. The second-order valence-electron chi connectivity index (χ2n) is 5.10. The summed E-state index contributed by atoms with van der Waals surface area (Å²) in [5.74, 6) is -0.586. The molecule has 1 atom stereocenters. The van der Waals surface area contributed by atoms with Crippen molar-refractivity contribution in [2.45, 2.75) is 19.9 Å². The Morgan fingerprint density at radius 1 is 1.53 bits per heavy atom. The molecular formula is C12H13FN2O4. The Hall–Kier alpha value is -2.18. The van der Waals surface area contributed by atoms with Gasteiger partial charge in [0, 0.05) is 11.5 Å². The van der Waals surface area contributed by atoms with Crippen molar-refractivity contribution >= 4 is 11.8 Å². The number of carbonyl (C=O) groups is 1. The molecule has 1 aliphatic rings. The number of nitro groups is 1.